The number of methoxy groups -OCH3 is 1. The first-order chi connectivity index (χ1) is 19.2. The van der Waals surface area contributed by atoms with E-state index in [1.807, 2.05) is 72.6 Å². The van der Waals surface area contributed by atoms with Gasteiger partial charge in [0.1, 0.15) is 11.8 Å². The van der Waals surface area contributed by atoms with Crippen LogP contribution < -0.4 is 19.7 Å². The average Bonchev–Trinajstić information content (AvgIpc) is 2.96. The molecule has 1 aliphatic heterocycles. The van der Waals surface area contributed by atoms with E-state index >= 15 is 0 Å². The van der Waals surface area contributed by atoms with Crippen LogP contribution in [0.4, 0.5) is 10.5 Å². The van der Waals surface area contributed by atoms with Crippen LogP contribution in [0.2, 0.25) is 0 Å². The molecule has 3 aromatic carbocycles. The van der Waals surface area contributed by atoms with Crippen LogP contribution in [0.5, 0.6) is 5.75 Å². The minimum Gasteiger partial charge on any atom is -0.497 e. The second kappa shape index (κ2) is 12.9. The summed E-state index contributed by atoms with van der Waals surface area (Å²) in [7, 11) is 0.868. The van der Waals surface area contributed by atoms with Crippen molar-refractivity contribution in [3.63, 3.8) is 0 Å². The van der Waals surface area contributed by atoms with Crippen LogP contribution in [0.1, 0.15) is 17.2 Å². The van der Waals surface area contributed by atoms with Gasteiger partial charge < -0.3 is 19.9 Å². The van der Waals surface area contributed by atoms with Crippen LogP contribution >= 0.6 is 0 Å². The standard InChI is InChI=1S/C29H35N5O5S/c1-32-18-19-34(27(21-32)23-12-8-5-9-13-23)40(37,38)31-29(36)30-26(20-22-10-6-4-7-11-22)28(35)33(2)24-14-16-25(39-3)17-15-24/h4-17,26-27H,18-21H2,1-3H3,(H2,30,31,36). The maximum Gasteiger partial charge on any atom is 0.330 e. The van der Waals surface area contributed by atoms with Gasteiger partial charge in [-0.15, -0.1) is 0 Å². The largest absolute Gasteiger partial charge is 0.497 e. The number of rotatable bonds is 9. The zero-order valence-electron chi connectivity index (χ0n) is 22.9. The molecule has 1 aliphatic rings. The number of carbonyl (C=O) groups is 2. The van der Waals surface area contributed by atoms with Gasteiger partial charge in [-0.25, -0.2) is 9.52 Å². The summed E-state index contributed by atoms with van der Waals surface area (Å²) in [4.78, 5) is 30.2. The lowest BCUT2D eigenvalue weighted by molar-refractivity contribution is -0.120. The van der Waals surface area contributed by atoms with E-state index in [1.54, 1.807) is 38.4 Å². The fourth-order valence-corrected chi connectivity index (χ4v) is 5.97. The Hall–Kier alpha value is -3.93. The quantitative estimate of drug-likeness (QED) is 0.413. The molecule has 0 radical (unpaired) electrons. The van der Waals surface area contributed by atoms with Crippen molar-refractivity contribution in [1.82, 2.24) is 19.2 Å². The minimum absolute atomic E-state index is 0.175. The number of carbonyl (C=O) groups excluding carboxylic acids is 2. The van der Waals surface area contributed by atoms with Crippen LogP contribution in [-0.2, 0) is 21.4 Å². The summed E-state index contributed by atoms with van der Waals surface area (Å²) in [6.07, 6.45) is 0.175. The van der Waals surface area contributed by atoms with Gasteiger partial charge in [-0.2, -0.15) is 12.7 Å². The molecule has 212 valence electrons. The van der Waals surface area contributed by atoms with E-state index < -0.39 is 34.2 Å². The third-order valence-corrected chi connectivity index (χ3v) is 8.42. The lowest BCUT2D eigenvalue weighted by atomic mass is 10.0. The highest BCUT2D eigenvalue weighted by molar-refractivity contribution is 7.87. The molecule has 0 spiro atoms. The van der Waals surface area contributed by atoms with E-state index in [0.717, 1.165) is 11.1 Å². The molecular formula is C29H35N5O5S. The Morgan fingerprint density at radius 2 is 1.60 bits per heavy atom. The number of piperazine rings is 1. The fraction of sp³-hybridized carbons (Fsp3) is 0.310. The lowest BCUT2D eigenvalue weighted by Crippen LogP contribution is -2.57. The molecule has 3 amide bonds. The van der Waals surface area contributed by atoms with Gasteiger partial charge in [-0.1, -0.05) is 60.7 Å². The van der Waals surface area contributed by atoms with E-state index in [9.17, 15) is 18.0 Å². The number of ether oxygens (including phenoxy) is 1. The Balaban J connectivity index is 1.52. The van der Waals surface area contributed by atoms with Crippen molar-refractivity contribution in [1.29, 1.82) is 0 Å². The topological polar surface area (TPSA) is 111 Å². The van der Waals surface area contributed by atoms with Gasteiger partial charge >= 0.3 is 16.2 Å². The highest BCUT2D eigenvalue weighted by Gasteiger charge is 2.37. The van der Waals surface area contributed by atoms with E-state index in [1.165, 1.54) is 9.21 Å². The van der Waals surface area contributed by atoms with Gasteiger partial charge in [-0.05, 0) is 42.4 Å². The normalized spacial score (nSPS) is 17.0. The molecular weight excluding hydrogens is 530 g/mol. The van der Waals surface area contributed by atoms with Crippen molar-refractivity contribution in [2.24, 2.45) is 0 Å². The lowest BCUT2D eigenvalue weighted by Gasteiger charge is -2.39. The number of nitrogens with one attached hydrogen (secondary N) is 2. The third-order valence-electron chi connectivity index (χ3n) is 6.93. The SMILES string of the molecule is COc1ccc(N(C)C(=O)C(Cc2ccccc2)NC(=O)NS(=O)(=O)N2CCN(C)CC2c2ccccc2)cc1. The molecule has 11 heteroatoms. The number of amides is 3. The van der Waals surface area contributed by atoms with Gasteiger partial charge in [-0.3, -0.25) is 4.79 Å². The van der Waals surface area contributed by atoms with Crippen molar-refractivity contribution in [2.45, 2.75) is 18.5 Å². The molecule has 40 heavy (non-hydrogen) atoms. The first kappa shape index (κ1) is 29.1. The average molecular weight is 566 g/mol. The summed E-state index contributed by atoms with van der Waals surface area (Å²) in [6.45, 7) is 1.22. The molecule has 2 atom stereocenters. The number of nitrogens with zero attached hydrogens (tertiary/aromatic N) is 3. The highest BCUT2D eigenvalue weighted by atomic mass is 32.2. The summed E-state index contributed by atoms with van der Waals surface area (Å²) in [5, 5.41) is 2.61. The van der Waals surface area contributed by atoms with Crippen LogP contribution in [0.25, 0.3) is 0 Å². The predicted octanol–water partition coefficient (Wildman–Crippen LogP) is 2.80. The van der Waals surface area contributed by atoms with Crippen LogP contribution in [0.15, 0.2) is 84.9 Å². The Bertz CT molecular complexity index is 1390. The monoisotopic (exact) mass is 565 g/mol. The number of hydrogen-bond acceptors (Lipinski definition) is 6. The smallest absolute Gasteiger partial charge is 0.330 e. The van der Waals surface area contributed by atoms with E-state index in [-0.39, 0.29) is 13.0 Å². The minimum atomic E-state index is -4.22. The maximum atomic E-state index is 13.6. The summed E-state index contributed by atoms with van der Waals surface area (Å²) in [5.41, 5.74) is 2.25. The second-order valence-corrected chi connectivity index (χ2v) is 11.3. The third kappa shape index (κ3) is 7.17. The van der Waals surface area contributed by atoms with Crippen molar-refractivity contribution < 1.29 is 22.7 Å². The molecule has 1 saturated heterocycles. The molecule has 0 aromatic heterocycles. The maximum absolute atomic E-state index is 13.6. The van der Waals surface area contributed by atoms with Gasteiger partial charge in [0, 0.05) is 38.8 Å². The highest BCUT2D eigenvalue weighted by Crippen LogP contribution is 2.27. The fourth-order valence-electron chi connectivity index (χ4n) is 4.72. The van der Waals surface area contributed by atoms with Gasteiger partial charge in [0.2, 0.25) is 5.91 Å². The van der Waals surface area contributed by atoms with Crippen molar-refractivity contribution in [3.8, 4) is 5.75 Å². The zero-order chi connectivity index (χ0) is 28.7. The molecule has 0 bridgehead atoms. The molecule has 2 N–H and O–H groups in total. The molecule has 2 unspecified atom stereocenters. The summed E-state index contributed by atoms with van der Waals surface area (Å²) >= 11 is 0. The Labute approximate surface area is 235 Å². The second-order valence-electron chi connectivity index (χ2n) is 9.72. The van der Waals surface area contributed by atoms with Gasteiger partial charge in [0.25, 0.3) is 0 Å². The van der Waals surface area contributed by atoms with E-state index in [2.05, 4.69) is 10.0 Å². The Morgan fingerprint density at radius 1 is 0.975 bits per heavy atom. The Kier molecular flexibility index (Phi) is 9.41. The number of anilines is 1. The molecule has 4 rings (SSSR count). The first-order valence-electron chi connectivity index (χ1n) is 13.0. The van der Waals surface area contributed by atoms with Crippen molar-refractivity contribution in [3.05, 3.63) is 96.1 Å². The molecule has 1 heterocycles. The number of benzene rings is 3. The number of likely N-dealkylation sites (N-methyl/N-ethyl adjacent to an activating group) is 2. The molecule has 0 saturated carbocycles. The molecule has 10 nitrogen and oxygen atoms in total. The zero-order valence-corrected chi connectivity index (χ0v) is 23.7. The summed E-state index contributed by atoms with van der Waals surface area (Å²) < 4.78 is 35.5. The van der Waals surface area contributed by atoms with E-state index in [4.69, 9.17) is 4.74 Å². The summed E-state index contributed by atoms with van der Waals surface area (Å²) in [6, 6.07) is 23.0. The number of hydrogen-bond donors (Lipinski definition) is 2. The molecule has 1 fully saturated rings. The van der Waals surface area contributed by atoms with Crippen LogP contribution in [-0.4, -0.2) is 76.4 Å². The van der Waals surface area contributed by atoms with Crippen molar-refractivity contribution in [2.75, 3.05) is 45.7 Å². The Morgan fingerprint density at radius 3 is 2.23 bits per heavy atom. The van der Waals surface area contributed by atoms with E-state index in [0.29, 0.717) is 24.5 Å². The van der Waals surface area contributed by atoms with Crippen LogP contribution in [0, 0.1) is 0 Å². The molecule has 0 aliphatic carbocycles. The van der Waals surface area contributed by atoms with Crippen molar-refractivity contribution >= 4 is 27.8 Å². The van der Waals surface area contributed by atoms with Gasteiger partial charge in [0.05, 0.1) is 13.2 Å². The molecule has 3 aromatic rings. The van der Waals surface area contributed by atoms with Gasteiger partial charge in [0.15, 0.2) is 0 Å². The van der Waals surface area contributed by atoms with Crippen LogP contribution in [0.3, 0.4) is 0 Å². The summed E-state index contributed by atoms with van der Waals surface area (Å²) in [5.74, 6) is 0.245. The first-order valence-corrected chi connectivity index (χ1v) is 14.4. The predicted molar refractivity (Wildman–Crippen MR) is 154 cm³/mol. The number of urea groups is 1.